The average molecular weight is 429 g/mol. The van der Waals surface area contributed by atoms with Gasteiger partial charge in [0.2, 0.25) is 0 Å². The first-order valence-electron chi connectivity index (χ1n) is 5.18. The van der Waals surface area contributed by atoms with Crippen LogP contribution >= 0.6 is 55.1 Å². The molecule has 100 valence electrons. The molecule has 0 N–H and O–H groups in total. The predicted octanol–water partition coefficient (Wildman–Crippen LogP) is 6.58. The minimum atomic E-state index is -0.540. The molecule has 0 aliphatic heterocycles. The van der Waals surface area contributed by atoms with E-state index >= 15 is 0 Å². The summed E-state index contributed by atoms with van der Waals surface area (Å²) in [7, 11) is 0. The Morgan fingerprint density at radius 3 is 2.53 bits per heavy atom. The fraction of sp³-hybridized carbons (Fsp3) is 0.0769. The van der Waals surface area contributed by atoms with Gasteiger partial charge in [-0.25, -0.2) is 4.39 Å². The lowest BCUT2D eigenvalue weighted by Gasteiger charge is -2.12. The van der Waals surface area contributed by atoms with E-state index in [-0.39, 0.29) is 5.02 Å². The molecule has 0 saturated heterocycles. The van der Waals surface area contributed by atoms with Gasteiger partial charge in [0.05, 0.1) is 9.50 Å². The summed E-state index contributed by atoms with van der Waals surface area (Å²) >= 11 is 18.3. The van der Waals surface area contributed by atoms with E-state index in [1.807, 2.05) is 6.07 Å². The Balaban J connectivity index is 2.41. The van der Waals surface area contributed by atoms with Gasteiger partial charge in [0.15, 0.2) is 0 Å². The summed E-state index contributed by atoms with van der Waals surface area (Å²) in [6.45, 7) is 0. The van der Waals surface area contributed by atoms with Gasteiger partial charge in [-0.1, -0.05) is 45.2 Å². The zero-order chi connectivity index (χ0) is 14.0. The molecule has 2 rings (SSSR count). The van der Waals surface area contributed by atoms with Crippen LogP contribution in [0.1, 0.15) is 5.56 Å². The Morgan fingerprint density at radius 2 is 1.84 bits per heavy atom. The largest absolute Gasteiger partial charge is 0.456 e. The highest BCUT2D eigenvalue weighted by molar-refractivity contribution is 9.10. The van der Waals surface area contributed by atoms with Crippen LogP contribution in [0.3, 0.4) is 0 Å². The second-order valence-corrected chi connectivity index (χ2v) is 5.94. The van der Waals surface area contributed by atoms with Gasteiger partial charge in [-0.05, 0) is 34.1 Å². The maximum Gasteiger partial charge on any atom is 0.145 e. The topological polar surface area (TPSA) is 9.23 Å². The highest BCUT2D eigenvalue weighted by atomic mass is 79.9. The van der Waals surface area contributed by atoms with E-state index in [4.69, 9.17) is 27.9 Å². The zero-order valence-electron chi connectivity index (χ0n) is 9.39. The van der Waals surface area contributed by atoms with Crippen LogP contribution < -0.4 is 4.74 Å². The molecule has 0 bridgehead atoms. The third-order valence-corrected chi connectivity index (χ3v) is 4.12. The molecular weight excluding hydrogens is 422 g/mol. The highest BCUT2D eigenvalue weighted by Gasteiger charge is 2.11. The van der Waals surface area contributed by atoms with Crippen molar-refractivity contribution >= 4 is 55.1 Å². The number of benzene rings is 2. The second-order valence-electron chi connectivity index (χ2n) is 3.68. The molecule has 0 atom stereocenters. The van der Waals surface area contributed by atoms with Crippen molar-refractivity contribution in [1.29, 1.82) is 0 Å². The van der Waals surface area contributed by atoms with Crippen LogP contribution in [-0.2, 0) is 5.33 Å². The minimum absolute atomic E-state index is 0.0334. The predicted molar refractivity (Wildman–Crippen MR) is 83.3 cm³/mol. The molecule has 0 unspecified atom stereocenters. The normalized spacial score (nSPS) is 10.6. The summed E-state index contributed by atoms with van der Waals surface area (Å²) in [5, 5.41) is 1.18. The number of hydrogen-bond donors (Lipinski definition) is 0. The van der Waals surface area contributed by atoms with Crippen LogP contribution in [-0.4, -0.2) is 0 Å². The fourth-order valence-corrected chi connectivity index (χ4v) is 2.78. The van der Waals surface area contributed by atoms with Crippen LogP contribution in [0.15, 0.2) is 34.8 Å². The Hall–Kier alpha value is -0.290. The molecule has 0 amide bonds. The molecule has 0 aromatic heterocycles. The summed E-state index contributed by atoms with van der Waals surface area (Å²) in [6.07, 6.45) is 0. The van der Waals surface area contributed by atoms with Crippen molar-refractivity contribution in [3.8, 4) is 11.5 Å². The lowest BCUT2D eigenvalue weighted by Crippen LogP contribution is -1.92. The third-order valence-electron chi connectivity index (χ3n) is 2.37. The smallest absolute Gasteiger partial charge is 0.145 e. The first kappa shape index (κ1) is 15.1. The number of ether oxygens (including phenoxy) is 1. The van der Waals surface area contributed by atoms with E-state index in [1.165, 1.54) is 12.1 Å². The highest BCUT2D eigenvalue weighted by Crippen LogP contribution is 2.36. The Bertz CT molecular complexity index is 620. The van der Waals surface area contributed by atoms with Gasteiger partial charge in [0, 0.05) is 22.0 Å². The first-order valence-corrected chi connectivity index (χ1v) is 7.85. The molecule has 6 heteroatoms. The van der Waals surface area contributed by atoms with Gasteiger partial charge in [-0.15, -0.1) is 0 Å². The van der Waals surface area contributed by atoms with Gasteiger partial charge in [0.25, 0.3) is 0 Å². The van der Waals surface area contributed by atoms with Gasteiger partial charge in [-0.3, -0.25) is 0 Å². The van der Waals surface area contributed by atoms with Crippen LogP contribution in [0.2, 0.25) is 10.0 Å². The van der Waals surface area contributed by atoms with Crippen molar-refractivity contribution < 1.29 is 9.13 Å². The maximum absolute atomic E-state index is 13.5. The maximum atomic E-state index is 13.5. The Labute approximate surface area is 136 Å². The monoisotopic (exact) mass is 426 g/mol. The fourth-order valence-electron chi connectivity index (χ4n) is 1.43. The lowest BCUT2D eigenvalue weighted by molar-refractivity contribution is 0.470. The van der Waals surface area contributed by atoms with E-state index in [2.05, 4.69) is 31.9 Å². The number of hydrogen-bond acceptors (Lipinski definition) is 1. The van der Waals surface area contributed by atoms with E-state index in [9.17, 15) is 4.39 Å². The van der Waals surface area contributed by atoms with Crippen LogP contribution in [0.4, 0.5) is 4.39 Å². The molecule has 0 heterocycles. The van der Waals surface area contributed by atoms with Crippen molar-refractivity contribution in [2.24, 2.45) is 0 Å². The second kappa shape index (κ2) is 6.44. The zero-order valence-corrected chi connectivity index (χ0v) is 14.1. The van der Waals surface area contributed by atoms with Crippen LogP contribution in [0.25, 0.3) is 0 Å². The molecule has 2 aromatic rings. The molecule has 0 radical (unpaired) electrons. The molecule has 0 aliphatic rings. The third kappa shape index (κ3) is 3.63. The van der Waals surface area contributed by atoms with E-state index in [1.54, 1.807) is 12.1 Å². The van der Waals surface area contributed by atoms with Crippen molar-refractivity contribution in [2.75, 3.05) is 0 Å². The van der Waals surface area contributed by atoms with Crippen molar-refractivity contribution in [3.05, 3.63) is 56.2 Å². The summed E-state index contributed by atoms with van der Waals surface area (Å²) in [5.41, 5.74) is 0.909. The molecule has 0 aliphatic carbocycles. The number of rotatable bonds is 3. The van der Waals surface area contributed by atoms with Gasteiger partial charge in [-0.2, -0.15) is 0 Å². The molecule has 1 nitrogen and oxygen atoms in total. The molecular formula is C13H7Br2Cl2FO. The summed E-state index contributed by atoms with van der Waals surface area (Å²) < 4.78 is 19.7. The van der Waals surface area contributed by atoms with E-state index < -0.39 is 5.82 Å². The van der Waals surface area contributed by atoms with Gasteiger partial charge in [0.1, 0.15) is 17.3 Å². The van der Waals surface area contributed by atoms with Crippen LogP contribution in [0, 0.1) is 5.82 Å². The standard InChI is InChI=1S/C13H7Br2Cl2FO/c14-6-7-1-2-8(16)3-12(7)19-13-5-11(18)10(17)4-9(13)15/h1-5H,6H2. The van der Waals surface area contributed by atoms with Gasteiger partial charge < -0.3 is 4.74 Å². The summed E-state index contributed by atoms with van der Waals surface area (Å²) in [4.78, 5) is 0. The molecule has 0 spiro atoms. The quantitative estimate of drug-likeness (QED) is 0.396. The minimum Gasteiger partial charge on any atom is -0.456 e. The van der Waals surface area contributed by atoms with Gasteiger partial charge >= 0.3 is 0 Å². The Morgan fingerprint density at radius 1 is 1.11 bits per heavy atom. The van der Waals surface area contributed by atoms with E-state index in [0.29, 0.717) is 26.3 Å². The molecule has 0 saturated carbocycles. The Kier molecular flexibility index (Phi) is 5.12. The molecule has 0 fully saturated rings. The lowest BCUT2D eigenvalue weighted by atomic mass is 10.2. The molecule has 2 aromatic carbocycles. The number of alkyl halides is 1. The van der Waals surface area contributed by atoms with Crippen molar-refractivity contribution in [2.45, 2.75) is 5.33 Å². The van der Waals surface area contributed by atoms with E-state index in [0.717, 1.165) is 5.56 Å². The average Bonchev–Trinajstić information content (AvgIpc) is 2.36. The summed E-state index contributed by atoms with van der Waals surface area (Å²) in [6, 6.07) is 7.96. The van der Waals surface area contributed by atoms with Crippen molar-refractivity contribution in [1.82, 2.24) is 0 Å². The van der Waals surface area contributed by atoms with Crippen molar-refractivity contribution in [3.63, 3.8) is 0 Å². The molecule has 19 heavy (non-hydrogen) atoms. The summed E-state index contributed by atoms with van der Waals surface area (Å²) in [5.74, 6) is 0.362. The van der Waals surface area contributed by atoms with Crippen LogP contribution in [0.5, 0.6) is 11.5 Å². The first-order chi connectivity index (χ1) is 9.01. The SMILES string of the molecule is Fc1cc(Oc2cc(Cl)ccc2CBr)c(Br)cc1Cl. The number of halogens is 5.